The summed E-state index contributed by atoms with van der Waals surface area (Å²) in [6.07, 6.45) is 4.16. The number of carbonyl (C=O) groups excluding carboxylic acids is 1. The summed E-state index contributed by atoms with van der Waals surface area (Å²) < 4.78 is 0. The molecule has 2 aromatic heterocycles. The van der Waals surface area contributed by atoms with Gasteiger partial charge in [-0.05, 0) is 25.0 Å². The van der Waals surface area contributed by atoms with Crippen LogP contribution in [-0.2, 0) is 0 Å². The average Bonchev–Trinajstić information content (AvgIpc) is 3.18. The van der Waals surface area contributed by atoms with Gasteiger partial charge in [0.1, 0.15) is 22.2 Å². The molecular formula is C20H18N6OS. The van der Waals surface area contributed by atoms with Gasteiger partial charge in [-0.2, -0.15) is 5.26 Å². The van der Waals surface area contributed by atoms with E-state index in [4.69, 9.17) is 4.98 Å². The van der Waals surface area contributed by atoms with E-state index >= 15 is 0 Å². The number of para-hydroxylation sites is 1. The lowest BCUT2D eigenvalue weighted by Crippen LogP contribution is -2.61. The van der Waals surface area contributed by atoms with Gasteiger partial charge in [-0.15, -0.1) is 11.3 Å². The maximum absolute atomic E-state index is 12.9. The van der Waals surface area contributed by atoms with E-state index in [2.05, 4.69) is 26.6 Å². The van der Waals surface area contributed by atoms with E-state index in [0.29, 0.717) is 34.4 Å². The minimum atomic E-state index is -0.276. The molecule has 140 valence electrons. The number of piperazine rings is 1. The fourth-order valence-electron chi connectivity index (χ4n) is 3.97. The molecule has 8 heteroatoms. The molecule has 2 bridgehead atoms. The van der Waals surface area contributed by atoms with Crippen LogP contribution in [0.1, 0.15) is 28.8 Å². The largest absolute Gasteiger partial charge is 0.349 e. The second-order valence-electron chi connectivity index (χ2n) is 7.13. The number of nitriles is 1. The summed E-state index contributed by atoms with van der Waals surface area (Å²) in [7, 11) is 0. The standard InChI is InChI=1S/C20H18N6OS/c21-7-12-3-1-2-4-16(12)24-19(27)15-11-28-20-18(15)25-17(9-23-20)26-10-13-5-6-14(26)8-22-13/h1-4,9,11,13-14,22H,5-6,8,10H2,(H,24,27)/t13-,14-/m0/s1. The Morgan fingerprint density at radius 2 is 2.25 bits per heavy atom. The van der Waals surface area contributed by atoms with Gasteiger partial charge in [-0.25, -0.2) is 9.97 Å². The lowest BCUT2D eigenvalue weighted by Gasteiger charge is -2.46. The van der Waals surface area contributed by atoms with Crippen molar-refractivity contribution in [1.82, 2.24) is 15.3 Å². The van der Waals surface area contributed by atoms with Crippen molar-refractivity contribution in [1.29, 1.82) is 5.26 Å². The molecule has 0 unspecified atom stereocenters. The van der Waals surface area contributed by atoms with E-state index in [9.17, 15) is 10.1 Å². The second-order valence-corrected chi connectivity index (χ2v) is 7.99. The zero-order valence-corrected chi connectivity index (χ0v) is 15.9. The number of anilines is 2. The van der Waals surface area contributed by atoms with Crippen LogP contribution in [0.3, 0.4) is 0 Å². The second kappa shape index (κ2) is 6.86. The summed E-state index contributed by atoms with van der Waals surface area (Å²) in [4.78, 5) is 25.3. The van der Waals surface area contributed by atoms with E-state index in [-0.39, 0.29) is 5.91 Å². The first-order chi connectivity index (χ1) is 13.7. The lowest BCUT2D eigenvalue weighted by atomic mass is 9.93. The number of benzene rings is 1. The van der Waals surface area contributed by atoms with Crippen molar-refractivity contribution in [2.75, 3.05) is 23.3 Å². The monoisotopic (exact) mass is 390 g/mol. The van der Waals surface area contributed by atoms with Crippen molar-refractivity contribution >= 4 is 39.1 Å². The molecule has 1 amide bonds. The molecule has 2 N–H and O–H groups in total. The van der Waals surface area contributed by atoms with Crippen LogP contribution in [0.25, 0.3) is 10.3 Å². The highest BCUT2D eigenvalue weighted by Crippen LogP contribution is 2.30. The Hall–Kier alpha value is -3.02. The highest BCUT2D eigenvalue weighted by molar-refractivity contribution is 7.17. The van der Waals surface area contributed by atoms with Crippen LogP contribution >= 0.6 is 11.3 Å². The Morgan fingerprint density at radius 3 is 3.00 bits per heavy atom. The van der Waals surface area contributed by atoms with Gasteiger partial charge in [0.15, 0.2) is 0 Å². The van der Waals surface area contributed by atoms with E-state index in [1.165, 1.54) is 17.8 Å². The third kappa shape index (κ3) is 2.89. The Kier molecular flexibility index (Phi) is 4.19. The number of amides is 1. The number of hydrogen-bond donors (Lipinski definition) is 2. The normalized spacial score (nSPS) is 20.9. The summed E-state index contributed by atoms with van der Waals surface area (Å²) >= 11 is 1.40. The molecule has 2 atom stereocenters. The maximum Gasteiger partial charge on any atom is 0.258 e. The molecule has 0 aliphatic carbocycles. The highest BCUT2D eigenvalue weighted by atomic mass is 32.1. The summed E-state index contributed by atoms with van der Waals surface area (Å²) in [5.74, 6) is 0.552. The smallest absolute Gasteiger partial charge is 0.258 e. The lowest BCUT2D eigenvalue weighted by molar-refractivity contribution is 0.102. The molecule has 0 radical (unpaired) electrons. The molecule has 5 heterocycles. The topological polar surface area (TPSA) is 93.9 Å². The van der Waals surface area contributed by atoms with E-state index in [1.807, 2.05) is 6.20 Å². The quantitative estimate of drug-likeness (QED) is 0.714. The number of aromatic nitrogens is 2. The number of nitrogens with one attached hydrogen (secondary N) is 2. The van der Waals surface area contributed by atoms with E-state index in [1.54, 1.807) is 29.6 Å². The fourth-order valence-corrected chi connectivity index (χ4v) is 4.80. The van der Waals surface area contributed by atoms with Crippen LogP contribution in [0.2, 0.25) is 0 Å². The predicted octanol–water partition coefficient (Wildman–Crippen LogP) is 2.76. The number of thiophene rings is 1. The van der Waals surface area contributed by atoms with E-state index in [0.717, 1.165) is 30.2 Å². The minimum Gasteiger partial charge on any atom is -0.349 e. The Morgan fingerprint density at radius 1 is 1.36 bits per heavy atom. The van der Waals surface area contributed by atoms with Gasteiger partial charge in [0.2, 0.25) is 0 Å². The molecule has 1 aromatic carbocycles. The minimum absolute atomic E-state index is 0.276. The summed E-state index contributed by atoms with van der Waals surface area (Å²) in [6.45, 7) is 1.89. The molecule has 3 aliphatic rings. The number of nitrogens with zero attached hydrogens (tertiary/aromatic N) is 4. The molecule has 7 nitrogen and oxygen atoms in total. The number of piperidine rings is 2. The third-order valence-electron chi connectivity index (χ3n) is 5.45. The SMILES string of the molecule is N#Cc1ccccc1NC(=O)c1csc2ncc(N3C[C@@H]4CC[C@H]3CN4)nc12. The molecule has 28 heavy (non-hydrogen) atoms. The number of rotatable bonds is 3. The first-order valence-corrected chi connectivity index (χ1v) is 10.2. The molecule has 3 fully saturated rings. The molecular weight excluding hydrogens is 372 g/mol. The van der Waals surface area contributed by atoms with Gasteiger partial charge < -0.3 is 15.5 Å². The predicted molar refractivity (Wildman–Crippen MR) is 109 cm³/mol. The van der Waals surface area contributed by atoms with Crippen molar-refractivity contribution in [2.24, 2.45) is 0 Å². The van der Waals surface area contributed by atoms with Gasteiger partial charge in [0, 0.05) is 30.6 Å². The van der Waals surface area contributed by atoms with Crippen molar-refractivity contribution in [3.63, 3.8) is 0 Å². The van der Waals surface area contributed by atoms with Gasteiger partial charge in [0.05, 0.1) is 23.0 Å². The highest BCUT2D eigenvalue weighted by Gasteiger charge is 2.34. The summed E-state index contributed by atoms with van der Waals surface area (Å²) in [5, 5.41) is 17.4. The Labute approximate surface area is 166 Å². The zero-order valence-electron chi connectivity index (χ0n) is 15.1. The fraction of sp³-hybridized carbons (Fsp3) is 0.300. The average molecular weight is 390 g/mol. The molecule has 0 saturated carbocycles. The number of carbonyl (C=O) groups is 1. The van der Waals surface area contributed by atoms with Gasteiger partial charge in [-0.1, -0.05) is 12.1 Å². The molecule has 3 aromatic rings. The van der Waals surface area contributed by atoms with Crippen LogP contribution in [-0.4, -0.2) is 41.0 Å². The van der Waals surface area contributed by atoms with Crippen molar-refractivity contribution in [2.45, 2.75) is 24.9 Å². The Bertz CT molecular complexity index is 1100. The van der Waals surface area contributed by atoms with Crippen LogP contribution in [0, 0.1) is 11.3 Å². The zero-order chi connectivity index (χ0) is 19.1. The number of hydrogen-bond acceptors (Lipinski definition) is 7. The van der Waals surface area contributed by atoms with Crippen LogP contribution in [0.15, 0.2) is 35.8 Å². The Balaban J connectivity index is 1.47. The maximum atomic E-state index is 12.9. The summed E-state index contributed by atoms with van der Waals surface area (Å²) in [5.41, 5.74) is 2.03. The van der Waals surface area contributed by atoms with E-state index < -0.39 is 0 Å². The molecule has 0 spiro atoms. The van der Waals surface area contributed by atoms with Crippen LogP contribution < -0.4 is 15.5 Å². The van der Waals surface area contributed by atoms with Gasteiger partial charge in [0.25, 0.3) is 5.91 Å². The molecule has 3 saturated heterocycles. The first kappa shape index (κ1) is 17.1. The molecule has 6 rings (SSSR count). The summed E-state index contributed by atoms with van der Waals surface area (Å²) in [6, 6.07) is 9.98. The third-order valence-corrected chi connectivity index (χ3v) is 6.33. The van der Waals surface area contributed by atoms with Crippen LogP contribution in [0.5, 0.6) is 0 Å². The van der Waals surface area contributed by atoms with Crippen molar-refractivity contribution in [3.8, 4) is 6.07 Å². The first-order valence-electron chi connectivity index (χ1n) is 9.27. The van der Waals surface area contributed by atoms with Crippen molar-refractivity contribution < 1.29 is 4.79 Å². The van der Waals surface area contributed by atoms with Gasteiger partial charge >= 0.3 is 0 Å². The van der Waals surface area contributed by atoms with Crippen LogP contribution in [0.4, 0.5) is 11.5 Å². The van der Waals surface area contributed by atoms with Gasteiger partial charge in [-0.3, -0.25) is 4.79 Å². The van der Waals surface area contributed by atoms with Crippen molar-refractivity contribution in [3.05, 3.63) is 47.0 Å². The number of fused-ring (bicyclic) bond motifs is 4. The molecule has 3 aliphatic heterocycles.